The second kappa shape index (κ2) is 9.19. The zero-order valence-corrected chi connectivity index (χ0v) is 17.0. The highest BCUT2D eigenvalue weighted by Gasteiger charge is 2.24. The van der Waals surface area contributed by atoms with Crippen LogP contribution in [0.25, 0.3) is 0 Å². The third-order valence-corrected chi connectivity index (χ3v) is 5.47. The van der Waals surface area contributed by atoms with Gasteiger partial charge in [-0.15, -0.1) is 0 Å². The van der Waals surface area contributed by atoms with Crippen LogP contribution < -0.4 is 4.72 Å². The normalized spacial score (nSPS) is 16.1. The van der Waals surface area contributed by atoms with Crippen molar-refractivity contribution in [1.82, 2.24) is 9.80 Å². The van der Waals surface area contributed by atoms with Crippen LogP contribution in [0, 0.1) is 5.82 Å². The summed E-state index contributed by atoms with van der Waals surface area (Å²) in [5.74, 6) is -0.654. The highest BCUT2D eigenvalue weighted by Crippen LogP contribution is 2.23. The maximum absolute atomic E-state index is 13.6. The van der Waals surface area contributed by atoms with Crippen LogP contribution in [0.3, 0.4) is 0 Å². The summed E-state index contributed by atoms with van der Waals surface area (Å²) >= 11 is 9.39. The fourth-order valence-corrected chi connectivity index (χ4v) is 3.72. The highest BCUT2D eigenvalue weighted by atomic mass is 35.5. The summed E-state index contributed by atoms with van der Waals surface area (Å²) in [6.45, 7) is 2.88. The Morgan fingerprint density at radius 1 is 1.11 bits per heavy atom. The monoisotopic (exact) mass is 444 g/mol. The Morgan fingerprint density at radius 2 is 1.82 bits per heavy atom. The molecule has 1 heterocycles. The SMILES string of the molecule is O=C(c1ccc(NS(=O)[O-])cc1Cl)N1CCN(Cc2ccc(Cl)c(F)c2)CC1. The van der Waals surface area contributed by atoms with Crippen LogP contribution >= 0.6 is 23.2 Å². The lowest BCUT2D eigenvalue weighted by Crippen LogP contribution is -2.48. The molecule has 0 aliphatic carbocycles. The topological polar surface area (TPSA) is 75.7 Å². The first-order chi connectivity index (χ1) is 13.3. The minimum absolute atomic E-state index is 0.0961. The van der Waals surface area contributed by atoms with Crippen molar-refractivity contribution in [3.8, 4) is 0 Å². The minimum atomic E-state index is -2.46. The summed E-state index contributed by atoms with van der Waals surface area (Å²) in [6.07, 6.45) is 0. The highest BCUT2D eigenvalue weighted by molar-refractivity contribution is 7.80. The van der Waals surface area contributed by atoms with E-state index in [4.69, 9.17) is 23.2 Å². The van der Waals surface area contributed by atoms with Crippen LogP contribution in [-0.2, 0) is 17.8 Å². The van der Waals surface area contributed by atoms with Gasteiger partial charge in [0.15, 0.2) is 0 Å². The number of piperazine rings is 1. The van der Waals surface area contributed by atoms with Crippen molar-refractivity contribution in [2.24, 2.45) is 0 Å². The molecule has 1 saturated heterocycles. The average Bonchev–Trinajstić information content (AvgIpc) is 2.64. The first kappa shape index (κ1) is 21.0. The molecular formula is C18H17Cl2FN3O3S-. The molecule has 3 rings (SSSR count). The second-order valence-corrected chi connectivity index (χ2v) is 7.84. The molecule has 1 aliphatic heterocycles. The fraction of sp³-hybridized carbons (Fsp3) is 0.278. The van der Waals surface area contributed by atoms with Crippen LogP contribution in [0.5, 0.6) is 0 Å². The maximum Gasteiger partial charge on any atom is 0.255 e. The molecule has 1 atom stereocenters. The van der Waals surface area contributed by atoms with Crippen LogP contribution in [0.2, 0.25) is 10.0 Å². The van der Waals surface area contributed by atoms with Gasteiger partial charge < -0.3 is 14.2 Å². The molecule has 0 bridgehead atoms. The number of halogens is 3. The molecule has 2 aromatic carbocycles. The largest absolute Gasteiger partial charge is 0.755 e. The number of nitrogens with one attached hydrogen (secondary N) is 1. The lowest BCUT2D eigenvalue weighted by atomic mass is 10.1. The molecule has 6 nitrogen and oxygen atoms in total. The van der Waals surface area contributed by atoms with Crippen LogP contribution in [0.15, 0.2) is 36.4 Å². The van der Waals surface area contributed by atoms with Gasteiger partial charge in [0.25, 0.3) is 5.91 Å². The van der Waals surface area contributed by atoms with E-state index in [0.717, 1.165) is 5.56 Å². The molecule has 1 unspecified atom stereocenters. The van der Waals surface area contributed by atoms with Gasteiger partial charge in [-0.1, -0.05) is 29.3 Å². The number of nitrogens with zero attached hydrogens (tertiary/aromatic N) is 2. The van der Waals surface area contributed by atoms with Crippen molar-refractivity contribution in [2.75, 3.05) is 30.9 Å². The molecule has 0 saturated carbocycles. The molecule has 1 fully saturated rings. The Balaban J connectivity index is 1.59. The van der Waals surface area contributed by atoms with Gasteiger partial charge in [-0.3, -0.25) is 13.9 Å². The molecule has 28 heavy (non-hydrogen) atoms. The fourth-order valence-electron chi connectivity index (χ4n) is 3.02. The Kier molecular flexibility index (Phi) is 6.90. The zero-order valence-electron chi connectivity index (χ0n) is 14.7. The van der Waals surface area contributed by atoms with Crippen LogP contribution in [0.1, 0.15) is 15.9 Å². The average molecular weight is 445 g/mol. The number of carbonyl (C=O) groups is 1. The van der Waals surface area contributed by atoms with Crippen molar-refractivity contribution in [3.05, 3.63) is 63.4 Å². The van der Waals surface area contributed by atoms with Crippen LogP contribution in [-0.4, -0.2) is 50.6 Å². The van der Waals surface area contributed by atoms with Gasteiger partial charge in [0.2, 0.25) is 0 Å². The predicted octanol–water partition coefficient (Wildman–Crippen LogP) is 3.30. The van der Waals surface area contributed by atoms with Gasteiger partial charge in [0.05, 0.1) is 15.6 Å². The van der Waals surface area contributed by atoms with E-state index in [1.807, 2.05) is 0 Å². The molecule has 1 amide bonds. The lowest BCUT2D eigenvalue weighted by molar-refractivity contribution is 0.0628. The van der Waals surface area contributed by atoms with E-state index in [2.05, 4.69) is 9.62 Å². The smallest absolute Gasteiger partial charge is 0.255 e. The van der Waals surface area contributed by atoms with Crippen molar-refractivity contribution in [2.45, 2.75) is 6.54 Å². The number of carbonyl (C=O) groups excluding carboxylic acids is 1. The third-order valence-electron chi connectivity index (χ3n) is 4.45. The number of amides is 1. The number of hydrogen-bond acceptors (Lipinski definition) is 4. The van der Waals surface area contributed by atoms with Crippen molar-refractivity contribution < 1.29 is 17.9 Å². The van der Waals surface area contributed by atoms with Crippen molar-refractivity contribution >= 4 is 46.1 Å². The Bertz CT molecular complexity index is 908. The summed E-state index contributed by atoms with van der Waals surface area (Å²) in [7, 11) is 0. The number of hydrogen-bond donors (Lipinski definition) is 1. The summed E-state index contributed by atoms with van der Waals surface area (Å²) in [5.41, 5.74) is 1.43. The maximum atomic E-state index is 13.6. The Hall–Kier alpha value is -1.71. The zero-order chi connectivity index (χ0) is 20.3. The third kappa shape index (κ3) is 5.21. The summed E-state index contributed by atoms with van der Waals surface area (Å²) in [4.78, 5) is 16.5. The number of rotatable bonds is 5. The van der Waals surface area contributed by atoms with E-state index in [0.29, 0.717) is 38.3 Å². The van der Waals surface area contributed by atoms with E-state index < -0.39 is 17.1 Å². The molecular weight excluding hydrogens is 428 g/mol. The van der Waals surface area contributed by atoms with E-state index in [-0.39, 0.29) is 21.6 Å². The molecule has 0 aromatic heterocycles. The second-order valence-electron chi connectivity index (χ2n) is 6.35. The van der Waals surface area contributed by atoms with Gasteiger partial charge in [0, 0.05) is 49.7 Å². The van der Waals surface area contributed by atoms with Gasteiger partial charge in [-0.25, -0.2) is 4.39 Å². The first-order valence-corrected chi connectivity index (χ1v) is 10.3. The van der Waals surface area contributed by atoms with Crippen LogP contribution in [0.4, 0.5) is 10.1 Å². The van der Waals surface area contributed by atoms with Gasteiger partial charge >= 0.3 is 0 Å². The lowest BCUT2D eigenvalue weighted by Gasteiger charge is -2.35. The van der Waals surface area contributed by atoms with Gasteiger partial charge in [-0.2, -0.15) is 0 Å². The molecule has 1 N–H and O–H groups in total. The van der Waals surface area contributed by atoms with Crippen molar-refractivity contribution in [3.63, 3.8) is 0 Å². The van der Waals surface area contributed by atoms with E-state index in [1.165, 1.54) is 30.3 Å². The molecule has 0 radical (unpaired) electrons. The van der Waals surface area contributed by atoms with Crippen molar-refractivity contribution in [1.29, 1.82) is 0 Å². The summed E-state index contributed by atoms with van der Waals surface area (Å²) in [5, 5.41) is 0.276. The Labute approximate surface area is 174 Å². The minimum Gasteiger partial charge on any atom is -0.755 e. The molecule has 2 aromatic rings. The van der Waals surface area contributed by atoms with Gasteiger partial charge in [-0.05, 0) is 35.9 Å². The predicted molar refractivity (Wildman–Crippen MR) is 107 cm³/mol. The number of anilines is 1. The quantitative estimate of drug-likeness (QED) is 0.717. The summed E-state index contributed by atoms with van der Waals surface area (Å²) in [6, 6.07) is 9.13. The number of benzene rings is 2. The first-order valence-electron chi connectivity index (χ1n) is 8.44. The standard InChI is InChI=1S/C18H18Cl2FN3O3S/c19-15-4-1-12(9-17(15)21)11-23-5-7-24(8-6-23)18(25)14-3-2-13(10-16(14)20)22-28(26)27/h1-4,9-10,22H,5-8,11H2,(H,26,27)/p-1. The summed E-state index contributed by atoms with van der Waals surface area (Å²) < 4.78 is 37.1. The molecule has 150 valence electrons. The van der Waals surface area contributed by atoms with E-state index in [1.54, 1.807) is 11.0 Å². The molecule has 1 aliphatic rings. The van der Waals surface area contributed by atoms with E-state index >= 15 is 0 Å². The van der Waals surface area contributed by atoms with Gasteiger partial charge in [0.1, 0.15) is 5.82 Å². The molecule has 0 spiro atoms. The van der Waals surface area contributed by atoms with E-state index in [9.17, 15) is 17.9 Å². The Morgan fingerprint density at radius 3 is 2.43 bits per heavy atom. The molecule has 10 heteroatoms.